The van der Waals surface area contributed by atoms with E-state index in [-0.39, 0.29) is 0 Å². The van der Waals surface area contributed by atoms with Crippen molar-refractivity contribution < 1.29 is 9.53 Å². The summed E-state index contributed by atoms with van der Waals surface area (Å²) in [4.78, 5) is 11.7. The fourth-order valence-electron chi connectivity index (χ4n) is 3.21. The zero-order valence-corrected chi connectivity index (χ0v) is 14.3. The highest BCUT2D eigenvalue weighted by atomic mass is 35.5. The molecule has 1 atom stereocenters. The van der Waals surface area contributed by atoms with E-state index in [2.05, 4.69) is 0 Å². The summed E-state index contributed by atoms with van der Waals surface area (Å²) in [6.07, 6.45) is 7.06. The Bertz CT molecular complexity index is 678. The first-order valence-corrected chi connectivity index (χ1v) is 8.78. The molecule has 0 bridgehead atoms. The molecule has 126 valence electrons. The molecule has 3 nitrogen and oxygen atoms in total. The lowest BCUT2D eigenvalue weighted by molar-refractivity contribution is -0.111. The number of hydrogen-bond donors (Lipinski definition) is 1. The third-order valence-corrected chi connectivity index (χ3v) is 4.95. The first kappa shape index (κ1) is 17.0. The fourth-order valence-corrected chi connectivity index (χ4v) is 3.34. The van der Waals surface area contributed by atoms with Gasteiger partial charge in [-0.1, -0.05) is 42.3 Å². The van der Waals surface area contributed by atoms with Crippen LogP contribution < -0.4 is 10.5 Å². The van der Waals surface area contributed by atoms with Gasteiger partial charge < -0.3 is 15.3 Å². The molecule has 2 aromatic carbocycles. The summed E-state index contributed by atoms with van der Waals surface area (Å²) in [7, 11) is 0. The van der Waals surface area contributed by atoms with Gasteiger partial charge in [0, 0.05) is 5.02 Å². The summed E-state index contributed by atoms with van der Waals surface area (Å²) >= 11 is 5.92. The van der Waals surface area contributed by atoms with Crippen molar-refractivity contribution in [3.05, 3.63) is 64.7 Å². The topological polar surface area (TPSA) is 52.3 Å². The van der Waals surface area contributed by atoms with E-state index in [9.17, 15) is 4.79 Å². The minimum atomic E-state index is -1.19. The maximum atomic E-state index is 11.7. The van der Waals surface area contributed by atoms with Crippen LogP contribution in [-0.4, -0.2) is 12.4 Å². The Kier molecular flexibility index (Phi) is 5.22. The highest BCUT2D eigenvalue weighted by Gasteiger charge is 2.29. The molecule has 0 amide bonds. The summed E-state index contributed by atoms with van der Waals surface area (Å²) in [5.41, 5.74) is 6.63. The van der Waals surface area contributed by atoms with Crippen LogP contribution in [0.25, 0.3) is 0 Å². The van der Waals surface area contributed by atoms with Crippen molar-refractivity contribution in [2.75, 3.05) is 0 Å². The third kappa shape index (κ3) is 3.63. The minimum absolute atomic E-state index is 0.301. The molecule has 0 aromatic heterocycles. The van der Waals surface area contributed by atoms with Gasteiger partial charge in [-0.15, -0.1) is 0 Å². The van der Waals surface area contributed by atoms with Crippen LogP contribution in [0.1, 0.15) is 43.2 Å². The molecule has 1 aliphatic rings. The molecule has 1 saturated carbocycles. The molecule has 1 fully saturated rings. The number of hydrogen-bond acceptors (Lipinski definition) is 3. The van der Waals surface area contributed by atoms with Gasteiger partial charge in [0.1, 0.15) is 17.6 Å². The molecule has 0 aliphatic heterocycles. The SMILES string of the molecule is NC(C=O)(c1ccc(Cl)cc1)c1ccc(OC2CCCCC2)cc1. The van der Waals surface area contributed by atoms with E-state index in [0.717, 1.165) is 30.4 Å². The molecule has 3 rings (SSSR count). The number of carbonyl (C=O) groups is 1. The van der Waals surface area contributed by atoms with Crippen molar-refractivity contribution >= 4 is 17.9 Å². The summed E-state index contributed by atoms with van der Waals surface area (Å²) < 4.78 is 6.03. The van der Waals surface area contributed by atoms with Gasteiger partial charge in [0.25, 0.3) is 0 Å². The number of carbonyl (C=O) groups excluding carboxylic acids is 1. The average Bonchev–Trinajstić information content (AvgIpc) is 2.63. The molecule has 0 spiro atoms. The Hall–Kier alpha value is -1.84. The molecule has 1 aliphatic carbocycles. The molecular formula is C20H22ClNO2. The average molecular weight is 344 g/mol. The number of rotatable bonds is 5. The lowest BCUT2D eigenvalue weighted by Crippen LogP contribution is -2.39. The Morgan fingerprint density at radius 1 is 0.958 bits per heavy atom. The summed E-state index contributed by atoms with van der Waals surface area (Å²) in [6, 6.07) is 14.6. The van der Waals surface area contributed by atoms with Crippen LogP contribution in [0, 0.1) is 0 Å². The van der Waals surface area contributed by atoms with E-state index in [4.69, 9.17) is 22.1 Å². The van der Waals surface area contributed by atoms with Crippen molar-refractivity contribution in [1.29, 1.82) is 0 Å². The lowest BCUT2D eigenvalue weighted by atomic mass is 9.85. The Morgan fingerprint density at radius 3 is 2.04 bits per heavy atom. The standard InChI is InChI=1S/C20H22ClNO2/c21-17-10-6-15(7-11-17)20(22,14-23)16-8-12-19(13-9-16)24-18-4-2-1-3-5-18/h6-14,18H,1-5,22H2. The van der Waals surface area contributed by atoms with E-state index < -0.39 is 5.54 Å². The maximum Gasteiger partial charge on any atom is 0.148 e. The Balaban J connectivity index is 1.79. The number of benzene rings is 2. The molecule has 24 heavy (non-hydrogen) atoms. The lowest BCUT2D eigenvalue weighted by Gasteiger charge is -2.26. The van der Waals surface area contributed by atoms with Crippen LogP contribution in [0.5, 0.6) is 5.75 Å². The number of ether oxygens (including phenoxy) is 1. The summed E-state index contributed by atoms with van der Waals surface area (Å²) in [5.74, 6) is 0.829. The van der Waals surface area contributed by atoms with E-state index in [0.29, 0.717) is 16.7 Å². The first-order valence-electron chi connectivity index (χ1n) is 8.40. The quantitative estimate of drug-likeness (QED) is 0.816. The molecule has 1 unspecified atom stereocenters. The highest BCUT2D eigenvalue weighted by molar-refractivity contribution is 6.30. The van der Waals surface area contributed by atoms with Crippen LogP contribution in [0.15, 0.2) is 48.5 Å². The zero-order chi connectivity index (χ0) is 17.0. The van der Waals surface area contributed by atoms with E-state index in [1.807, 2.05) is 24.3 Å². The van der Waals surface area contributed by atoms with Crippen LogP contribution in [0.2, 0.25) is 5.02 Å². The molecule has 2 aromatic rings. The van der Waals surface area contributed by atoms with Crippen LogP contribution in [0.3, 0.4) is 0 Å². The largest absolute Gasteiger partial charge is 0.490 e. The Morgan fingerprint density at radius 2 is 1.50 bits per heavy atom. The van der Waals surface area contributed by atoms with E-state index in [1.54, 1.807) is 24.3 Å². The summed E-state index contributed by atoms with van der Waals surface area (Å²) in [6.45, 7) is 0. The molecule has 0 heterocycles. The van der Waals surface area contributed by atoms with Gasteiger partial charge >= 0.3 is 0 Å². The van der Waals surface area contributed by atoms with Crippen molar-refractivity contribution in [2.45, 2.75) is 43.7 Å². The molecule has 2 N–H and O–H groups in total. The minimum Gasteiger partial charge on any atom is -0.490 e. The third-order valence-electron chi connectivity index (χ3n) is 4.69. The predicted molar refractivity (Wildman–Crippen MR) is 96.4 cm³/mol. The molecule has 0 saturated heterocycles. The van der Waals surface area contributed by atoms with Gasteiger partial charge in [-0.2, -0.15) is 0 Å². The smallest absolute Gasteiger partial charge is 0.148 e. The maximum absolute atomic E-state index is 11.7. The normalized spacial score (nSPS) is 17.9. The fraction of sp³-hybridized carbons (Fsp3) is 0.350. The first-order chi connectivity index (χ1) is 11.6. The van der Waals surface area contributed by atoms with Gasteiger partial charge in [-0.3, -0.25) is 0 Å². The van der Waals surface area contributed by atoms with E-state index >= 15 is 0 Å². The van der Waals surface area contributed by atoms with Gasteiger partial charge in [0.05, 0.1) is 6.10 Å². The van der Waals surface area contributed by atoms with Gasteiger partial charge in [-0.05, 0) is 61.1 Å². The van der Waals surface area contributed by atoms with Crippen molar-refractivity contribution in [2.24, 2.45) is 5.73 Å². The molecular weight excluding hydrogens is 322 g/mol. The van der Waals surface area contributed by atoms with Gasteiger partial charge in [0.2, 0.25) is 0 Å². The number of nitrogens with two attached hydrogens (primary N) is 1. The second-order valence-electron chi connectivity index (χ2n) is 6.40. The molecule has 0 radical (unpaired) electrons. The highest BCUT2D eigenvalue weighted by Crippen LogP contribution is 2.29. The van der Waals surface area contributed by atoms with Crippen LogP contribution in [-0.2, 0) is 10.3 Å². The van der Waals surface area contributed by atoms with Crippen molar-refractivity contribution in [1.82, 2.24) is 0 Å². The van der Waals surface area contributed by atoms with Crippen molar-refractivity contribution in [3.63, 3.8) is 0 Å². The van der Waals surface area contributed by atoms with Crippen LogP contribution in [0.4, 0.5) is 0 Å². The van der Waals surface area contributed by atoms with Crippen LogP contribution >= 0.6 is 11.6 Å². The molecule has 4 heteroatoms. The Labute approximate surface area is 147 Å². The van der Waals surface area contributed by atoms with Gasteiger partial charge in [-0.25, -0.2) is 0 Å². The number of aldehydes is 1. The predicted octanol–water partition coefficient (Wildman–Crippen LogP) is 4.45. The van der Waals surface area contributed by atoms with Crippen molar-refractivity contribution in [3.8, 4) is 5.75 Å². The second-order valence-corrected chi connectivity index (χ2v) is 6.83. The second kappa shape index (κ2) is 7.37. The van der Waals surface area contributed by atoms with E-state index in [1.165, 1.54) is 19.3 Å². The number of halogens is 1. The van der Waals surface area contributed by atoms with Gasteiger partial charge in [0.15, 0.2) is 0 Å². The summed E-state index contributed by atoms with van der Waals surface area (Å²) in [5, 5.41) is 0.614. The zero-order valence-electron chi connectivity index (χ0n) is 13.6. The monoisotopic (exact) mass is 343 g/mol.